The van der Waals surface area contributed by atoms with Gasteiger partial charge in [0.1, 0.15) is 11.5 Å². The number of anilines is 1. The van der Waals surface area contributed by atoms with E-state index in [0.29, 0.717) is 6.42 Å². The Kier molecular flexibility index (Phi) is 5.50. The van der Waals surface area contributed by atoms with E-state index in [-0.39, 0.29) is 0 Å². The van der Waals surface area contributed by atoms with Crippen molar-refractivity contribution in [2.45, 2.75) is 25.1 Å². The molecule has 0 bridgehead atoms. The quantitative estimate of drug-likeness (QED) is 0.437. The molecular formula is C27H30FN7. The van der Waals surface area contributed by atoms with E-state index >= 15 is 4.39 Å². The molecule has 4 aromatic rings. The third-order valence-corrected chi connectivity index (χ3v) is 7.52. The fraction of sp³-hybridized carbons (Fsp3) is 0.370. The fourth-order valence-electron chi connectivity index (χ4n) is 5.40. The van der Waals surface area contributed by atoms with Crippen molar-refractivity contribution in [1.29, 1.82) is 0 Å². The van der Waals surface area contributed by atoms with Crippen LogP contribution >= 0.6 is 0 Å². The summed E-state index contributed by atoms with van der Waals surface area (Å²) in [5, 5.41) is 11.6. The Hall–Kier alpha value is -3.36. The lowest BCUT2D eigenvalue weighted by Gasteiger charge is -2.33. The van der Waals surface area contributed by atoms with Crippen molar-refractivity contribution in [1.82, 2.24) is 30.4 Å². The van der Waals surface area contributed by atoms with Crippen LogP contribution in [0.15, 0.2) is 48.8 Å². The van der Waals surface area contributed by atoms with Gasteiger partial charge in [0.05, 0.1) is 17.4 Å². The zero-order valence-electron chi connectivity index (χ0n) is 20.2. The highest BCUT2D eigenvalue weighted by Crippen LogP contribution is 2.41. The van der Waals surface area contributed by atoms with Gasteiger partial charge in [-0.1, -0.05) is 18.2 Å². The normalized spacial score (nSPS) is 20.8. The topological polar surface area (TPSA) is 73.0 Å². The zero-order chi connectivity index (χ0) is 24.0. The number of alkyl halides is 1. The van der Waals surface area contributed by atoms with Crippen LogP contribution in [0.2, 0.25) is 0 Å². The minimum Gasteiger partial charge on any atom is -0.354 e. The Labute approximate surface area is 204 Å². The van der Waals surface area contributed by atoms with Gasteiger partial charge in [0.2, 0.25) is 0 Å². The number of likely N-dealkylation sites (N-methyl/N-ethyl adjacent to an activating group) is 1. The van der Waals surface area contributed by atoms with Crippen LogP contribution in [0.3, 0.4) is 0 Å². The summed E-state index contributed by atoms with van der Waals surface area (Å²) < 4.78 is 15.5. The van der Waals surface area contributed by atoms with Crippen molar-refractivity contribution in [2.75, 3.05) is 45.2 Å². The molecule has 2 aliphatic rings. The van der Waals surface area contributed by atoms with Crippen molar-refractivity contribution in [3.63, 3.8) is 0 Å². The van der Waals surface area contributed by atoms with Crippen molar-refractivity contribution < 1.29 is 4.39 Å². The van der Waals surface area contributed by atoms with E-state index in [9.17, 15) is 0 Å². The molecule has 1 aliphatic heterocycles. The maximum atomic E-state index is 15.5. The predicted octanol–water partition coefficient (Wildman–Crippen LogP) is 4.12. The van der Waals surface area contributed by atoms with E-state index in [1.165, 1.54) is 0 Å². The molecule has 1 atom stereocenters. The molecule has 1 saturated heterocycles. The number of hydrogen-bond acceptors (Lipinski definition) is 6. The molecule has 0 amide bonds. The molecule has 1 unspecified atom stereocenters. The lowest BCUT2D eigenvalue weighted by atomic mass is 9.82. The van der Waals surface area contributed by atoms with Gasteiger partial charge < -0.3 is 9.80 Å². The second-order valence-electron chi connectivity index (χ2n) is 9.62. The molecule has 35 heavy (non-hydrogen) atoms. The fourth-order valence-corrected chi connectivity index (χ4v) is 5.40. The highest BCUT2D eigenvalue weighted by molar-refractivity contribution is 5.94. The van der Waals surface area contributed by atoms with Crippen molar-refractivity contribution in [2.24, 2.45) is 0 Å². The van der Waals surface area contributed by atoms with Crippen molar-refractivity contribution in [3.8, 4) is 22.5 Å². The van der Waals surface area contributed by atoms with Gasteiger partial charge >= 0.3 is 0 Å². The van der Waals surface area contributed by atoms with Crippen LogP contribution in [0.25, 0.3) is 33.4 Å². The van der Waals surface area contributed by atoms with Gasteiger partial charge in [-0.3, -0.25) is 15.4 Å². The monoisotopic (exact) mass is 471 g/mol. The number of nitrogens with one attached hydrogen (secondary N) is 2. The molecule has 1 aromatic carbocycles. The molecular weight excluding hydrogens is 441 g/mol. The number of nitrogens with zero attached hydrogens (tertiary/aromatic N) is 5. The van der Waals surface area contributed by atoms with Crippen LogP contribution in [0, 0.1) is 0 Å². The molecule has 0 spiro atoms. The maximum absolute atomic E-state index is 15.5. The van der Waals surface area contributed by atoms with Crippen LogP contribution in [0.4, 0.5) is 10.2 Å². The standard InChI is InChI=1S/C27H30FN7/c1-29-27(28)10-4-6-19-20(5-3-7-22(19)27)23-15-21-24(17-30-23)32-33-26(21)18-8-9-25(31-16-18)35-13-11-34(2)12-14-35/h3,5,7-9,15-17,29H,4,6,10-14H2,1-2H3,(H,32,33). The maximum Gasteiger partial charge on any atom is 0.187 e. The summed E-state index contributed by atoms with van der Waals surface area (Å²) in [7, 11) is 3.84. The van der Waals surface area contributed by atoms with Gasteiger partial charge in [0.25, 0.3) is 0 Å². The molecule has 7 nitrogen and oxygen atoms in total. The van der Waals surface area contributed by atoms with E-state index in [2.05, 4.69) is 50.6 Å². The number of H-pyrrole nitrogens is 1. The van der Waals surface area contributed by atoms with E-state index in [0.717, 1.165) is 89.4 Å². The zero-order valence-corrected chi connectivity index (χ0v) is 20.2. The Morgan fingerprint density at radius 3 is 2.69 bits per heavy atom. The summed E-state index contributed by atoms with van der Waals surface area (Å²) in [6, 6.07) is 12.1. The summed E-state index contributed by atoms with van der Waals surface area (Å²) in [6.07, 6.45) is 5.84. The minimum atomic E-state index is -1.49. The average Bonchev–Trinajstić information content (AvgIpc) is 3.32. The summed E-state index contributed by atoms with van der Waals surface area (Å²) in [5.41, 5.74) is 6.25. The molecule has 6 rings (SSSR count). The molecule has 4 heterocycles. The highest BCUT2D eigenvalue weighted by Gasteiger charge is 2.36. The second kappa shape index (κ2) is 8.70. The van der Waals surface area contributed by atoms with Gasteiger partial charge in [0, 0.05) is 54.5 Å². The molecule has 1 fully saturated rings. The molecule has 2 N–H and O–H groups in total. The van der Waals surface area contributed by atoms with Gasteiger partial charge in [-0.05, 0) is 57.1 Å². The first-order chi connectivity index (χ1) is 17.1. The molecule has 0 radical (unpaired) electrons. The molecule has 8 heteroatoms. The van der Waals surface area contributed by atoms with E-state index in [1.807, 2.05) is 30.6 Å². The number of aromatic amines is 1. The van der Waals surface area contributed by atoms with Gasteiger partial charge in [0.15, 0.2) is 5.79 Å². The van der Waals surface area contributed by atoms with Crippen LogP contribution < -0.4 is 10.2 Å². The number of piperazine rings is 1. The summed E-state index contributed by atoms with van der Waals surface area (Å²) in [4.78, 5) is 14.1. The Morgan fingerprint density at radius 2 is 1.91 bits per heavy atom. The molecule has 0 saturated carbocycles. The van der Waals surface area contributed by atoms with Gasteiger partial charge in [-0.15, -0.1) is 0 Å². The number of fused-ring (bicyclic) bond motifs is 2. The summed E-state index contributed by atoms with van der Waals surface area (Å²) >= 11 is 0. The van der Waals surface area contributed by atoms with E-state index in [4.69, 9.17) is 9.97 Å². The Morgan fingerprint density at radius 1 is 1.06 bits per heavy atom. The first kappa shape index (κ1) is 22.1. The van der Waals surface area contributed by atoms with Crippen LogP contribution in [-0.4, -0.2) is 65.3 Å². The molecule has 1 aliphatic carbocycles. The Balaban J connectivity index is 1.36. The predicted molar refractivity (Wildman–Crippen MR) is 137 cm³/mol. The number of pyridine rings is 2. The van der Waals surface area contributed by atoms with E-state index in [1.54, 1.807) is 7.05 Å². The Bertz CT molecular complexity index is 1360. The third-order valence-electron chi connectivity index (χ3n) is 7.52. The first-order valence-electron chi connectivity index (χ1n) is 12.3. The first-order valence-corrected chi connectivity index (χ1v) is 12.3. The highest BCUT2D eigenvalue weighted by atomic mass is 19.1. The number of rotatable bonds is 4. The van der Waals surface area contributed by atoms with Crippen molar-refractivity contribution in [3.05, 3.63) is 59.9 Å². The van der Waals surface area contributed by atoms with Gasteiger partial charge in [-0.25, -0.2) is 9.37 Å². The largest absolute Gasteiger partial charge is 0.354 e. The lowest BCUT2D eigenvalue weighted by molar-refractivity contribution is 0.101. The average molecular weight is 472 g/mol. The number of halogens is 1. The number of aromatic nitrogens is 4. The summed E-state index contributed by atoms with van der Waals surface area (Å²) in [6.45, 7) is 4.06. The van der Waals surface area contributed by atoms with Crippen LogP contribution in [0.5, 0.6) is 0 Å². The summed E-state index contributed by atoms with van der Waals surface area (Å²) in [5.74, 6) is -0.495. The van der Waals surface area contributed by atoms with Crippen LogP contribution in [0.1, 0.15) is 24.0 Å². The number of hydrogen-bond donors (Lipinski definition) is 2. The smallest absolute Gasteiger partial charge is 0.187 e. The molecule has 180 valence electrons. The van der Waals surface area contributed by atoms with Gasteiger partial charge in [-0.2, -0.15) is 5.10 Å². The molecule has 3 aromatic heterocycles. The third kappa shape index (κ3) is 3.86. The minimum absolute atomic E-state index is 0.482. The number of benzene rings is 1. The lowest BCUT2D eigenvalue weighted by Crippen LogP contribution is -2.44. The second-order valence-corrected chi connectivity index (χ2v) is 9.62. The van der Waals surface area contributed by atoms with Crippen molar-refractivity contribution >= 4 is 16.7 Å². The van der Waals surface area contributed by atoms with Crippen LogP contribution in [-0.2, 0) is 12.2 Å². The van der Waals surface area contributed by atoms with E-state index < -0.39 is 5.79 Å². The SMILES string of the molecule is CNC1(F)CCCc2c(-c3cc4c(-c5ccc(N6CCN(C)CC6)nc5)n[nH]c4cn3)cccc21.